The zero-order valence-electron chi connectivity index (χ0n) is 12.3. The Morgan fingerprint density at radius 1 is 1.14 bits per heavy atom. The molecule has 2 N–H and O–H groups in total. The van der Waals surface area contributed by atoms with Gasteiger partial charge in [0.1, 0.15) is 0 Å². The van der Waals surface area contributed by atoms with Crippen LogP contribution in [0.5, 0.6) is 0 Å². The van der Waals surface area contributed by atoms with E-state index < -0.39 is 0 Å². The molecule has 0 fully saturated rings. The molecule has 0 aliphatic carbocycles. The van der Waals surface area contributed by atoms with Crippen molar-refractivity contribution in [1.82, 2.24) is 0 Å². The van der Waals surface area contributed by atoms with Gasteiger partial charge in [-0.2, -0.15) is 0 Å². The van der Waals surface area contributed by atoms with Crippen LogP contribution in [0.1, 0.15) is 12.5 Å². The number of carbonyl (C=O) groups excluding carboxylic acids is 1. The van der Waals surface area contributed by atoms with Gasteiger partial charge >= 0.3 is 0 Å². The van der Waals surface area contributed by atoms with Crippen LogP contribution in [0.15, 0.2) is 53.4 Å². The van der Waals surface area contributed by atoms with Gasteiger partial charge in [0.15, 0.2) is 0 Å². The van der Waals surface area contributed by atoms with Crippen molar-refractivity contribution in [3.8, 4) is 0 Å². The Morgan fingerprint density at radius 3 is 2.71 bits per heavy atom. The highest BCUT2D eigenvalue weighted by molar-refractivity contribution is 7.98. The number of hydrogen-bond acceptors (Lipinski definition) is 3. The summed E-state index contributed by atoms with van der Waals surface area (Å²) in [5.74, 6) is -0.0424. The van der Waals surface area contributed by atoms with Gasteiger partial charge in [0.25, 0.3) is 0 Å². The molecule has 4 heteroatoms. The monoisotopic (exact) mass is 300 g/mol. The van der Waals surface area contributed by atoms with E-state index in [1.165, 1.54) is 5.56 Å². The molecule has 0 saturated heterocycles. The van der Waals surface area contributed by atoms with Crippen LogP contribution in [0, 0.1) is 0 Å². The van der Waals surface area contributed by atoms with Gasteiger partial charge in [-0.3, -0.25) is 4.79 Å². The van der Waals surface area contributed by atoms with E-state index in [0.29, 0.717) is 0 Å². The molecule has 0 aromatic heterocycles. The Labute approximate surface area is 130 Å². The minimum absolute atomic E-state index is 0.0424. The first-order valence-electron chi connectivity index (χ1n) is 6.98. The van der Waals surface area contributed by atoms with Crippen molar-refractivity contribution in [2.24, 2.45) is 0 Å². The molecule has 0 saturated carbocycles. The summed E-state index contributed by atoms with van der Waals surface area (Å²) in [5, 5.41) is 6.10. The highest BCUT2D eigenvalue weighted by atomic mass is 32.2. The van der Waals surface area contributed by atoms with Crippen LogP contribution in [-0.4, -0.2) is 18.7 Å². The third kappa shape index (κ3) is 4.53. The standard InChI is InChI=1S/C17H20N2OS/c1-3-13-7-6-8-14(11-13)19-17(20)12-18-15-9-4-5-10-16(15)21-2/h4-11,18H,3,12H2,1-2H3,(H,19,20). The molecule has 0 aliphatic heterocycles. The van der Waals surface area contributed by atoms with Crippen molar-refractivity contribution in [3.05, 3.63) is 54.1 Å². The second-order valence-electron chi connectivity index (χ2n) is 4.66. The normalized spacial score (nSPS) is 10.2. The number of amides is 1. The summed E-state index contributed by atoms with van der Waals surface area (Å²) in [6.07, 6.45) is 2.99. The number of rotatable bonds is 6. The van der Waals surface area contributed by atoms with Crippen LogP contribution in [0.2, 0.25) is 0 Å². The second-order valence-corrected chi connectivity index (χ2v) is 5.50. The average Bonchev–Trinajstić information content (AvgIpc) is 2.53. The lowest BCUT2D eigenvalue weighted by atomic mass is 10.1. The third-order valence-corrected chi connectivity index (χ3v) is 3.96. The molecule has 0 bridgehead atoms. The van der Waals surface area contributed by atoms with Gasteiger partial charge in [0.05, 0.1) is 6.54 Å². The van der Waals surface area contributed by atoms with Crippen molar-refractivity contribution in [2.75, 3.05) is 23.4 Å². The average molecular weight is 300 g/mol. The molecule has 1 amide bonds. The van der Waals surface area contributed by atoms with Gasteiger partial charge in [0, 0.05) is 16.3 Å². The first kappa shape index (κ1) is 15.4. The lowest BCUT2D eigenvalue weighted by Gasteiger charge is -2.11. The molecule has 0 heterocycles. The summed E-state index contributed by atoms with van der Waals surface area (Å²) >= 11 is 1.66. The molecule has 2 rings (SSSR count). The van der Waals surface area contributed by atoms with Gasteiger partial charge in [0.2, 0.25) is 5.91 Å². The van der Waals surface area contributed by atoms with E-state index in [1.54, 1.807) is 11.8 Å². The van der Waals surface area contributed by atoms with Crippen molar-refractivity contribution >= 4 is 29.0 Å². The molecule has 0 unspecified atom stereocenters. The summed E-state index contributed by atoms with van der Waals surface area (Å²) in [5.41, 5.74) is 3.05. The SMILES string of the molecule is CCc1cccc(NC(=O)CNc2ccccc2SC)c1. The molecule has 2 aromatic carbocycles. The topological polar surface area (TPSA) is 41.1 Å². The number of thioether (sulfide) groups is 1. The van der Waals surface area contributed by atoms with Crippen LogP contribution in [0.25, 0.3) is 0 Å². The molecule has 0 spiro atoms. The summed E-state index contributed by atoms with van der Waals surface area (Å²) in [4.78, 5) is 13.1. The van der Waals surface area contributed by atoms with Crippen LogP contribution in [-0.2, 0) is 11.2 Å². The van der Waals surface area contributed by atoms with Crippen LogP contribution in [0.3, 0.4) is 0 Å². The van der Waals surface area contributed by atoms with Gasteiger partial charge in [-0.15, -0.1) is 11.8 Å². The van der Waals surface area contributed by atoms with Gasteiger partial charge in [-0.1, -0.05) is 31.2 Å². The molecule has 0 radical (unpaired) electrons. The van der Waals surface area contributed by atoms with Crippen molar-refractivity contribution in [1.29, 1.82) is 0 Å². The maximum atomic E-state index is 12.0. The zero-order valence-corrected chi connectivity index (χ0v) is 13.2. The number of aryl methyl sites for hydroxylation is 1. The Hall–Kier alpha value is -1.94. The molecular formula is C17H20N2OS. The minimum atomic E-state index is -0.0424. The number of benzene rings is 2. The summed E-state index contributed by atoms with van der Waals surface area (Å²) in [6.45, 7) is 2.36. The number of carbonyl (C=O) groups is 1. The Kier molecular flexibility index (Phi) is 5.69. The van der Waals surface area contributed by atoms with E-state index in [1.807, 2.05) is 48.7 Å². The van der Waals surface area contributed by atoms with E-state index in [-0.39, 0.29) is 12.5 Å². The van der Waals surface area contributed by atoms with Gasteiger partial charge in [-0.25, -0.2) is 0 Å². The zero-order chi connectivity index (χ0) is 15.1. The fourth-order valence-corrected chi connectivity index (χ4v) is 2.62. The van der Waals surface area contributed by atoms with E-state index in [0.717, 1.165) is 22.7 Å². The number of para-hydroxylation sites is 1. The van der Waals surface area contributed by atoms with E-state index in [9.17, 15) is 4.79 Å². The second kappa shape index (κ2) is 7.74. The highest BCUT2D eigenvalue weighted by Crippen LogP contribution is 2.24. The molecule has 3 nitrogen and oxygen atoms in total. The first-order valence-corrected chi connectivity index (χ1v) is 8.21. The molecule has 110 valence electrons. The van der Waals surface area contributed by atoms with E-state index in [2.05, 4.69) is 23.6 Å². The molecule has 0 atom stereocenters. The third-order valence-electron chi connectivity index (χ3n) is 3.17. The minimum Gasteiger partial charge on any atom is -0.375 e. The van der Waals surface area contributed by atoms with E-state index in [4.69, 9.17) is 0 Å². The van der Waals surface area contributed by atoms with Gasteiger partial charge < -0.3 is 10.6 Å². The van der Waals surface area contributed by atoms with Gasteiger partial charge in [-0.05, 0) is 42.5 Å². The van der Waals surface area contributed by atoms with Crippen LogP contribution in [0.4, 0.5) is 11.4 Å². The van der Waals surface area contributed by atoms with Crippen LogP contribution < -0.4 is 10.6 Å². The maximum absolute atomic E-state index is 12.0. The number of anilines is 2. The Morgan fingerprint density at radius 2 is 1.95 bits per heavy atom. The fourth-order valence-electron chi connectivity index (χ4n) is 2.04. The van der Waals surface area contributed by atoms with Crippen molar-refractivity contribution in [3.63, 3.8) is 0 Å². The molecule has 0 aliphatic rings. The molecular weight excluding hydrogens is 280 g/mol. The Bertz CT molecular complexity index is 613. The predicted octanol–water partition coefficient (Wildman–Crippen LogP) is 4.02. The number of hydrogen-bond donors (Lipinski definition) is 2. The maximum Gasteiger partial charge on any atom is 0.243 e. The molecule has 2 aromatic rings. The lowest BCUT2D eigenvalue weighted by Crippen LogP contribution is -2.22. The quantitative estimate of drug-likeness (QED) is 0.792. The summed E-state index contributed by atoms with van der Waals surface area (Å²) in [6, 6.07) is 15.9. The highest BCUT2D eigenvalue weighted by Gasteiger charge is 2.05. The largest absolute Gasteiger partial charge is 0.375 e. The van der Waals surface area contributed by atoms with E-state index >= 15 is 0 Å². The summed E-state index contributed by atoms with van der Waals surface area (Å²) in [7, 11) is 0. The Balaban J connectivity index is 1.92. The summed E-state index contributed by atoms with van der Waals surface area (Å²) < 4.78 is 0. The van der Waals surface area contributed by atoms with Crippen LogP contribution >= 0.6 is 11.8 Å². The predicted molar refractivity (Wildman–Crippen MR) is 91.2 cm³/mol. The molecule has 21 heavy (non-hydrogen) atoms. The lowest BCUT2D eigenvalue weighted by molar-refractivity contribution is -0.114. The van der Waals surface area contributed by atoms with Crippen molar-refractivity contribution in [2.45, 2.75) is 18.2 Å². The number of nitrogens with one attached hydrogen (secondary N) is 2. The first-order chi connectivity index (χ1) is 10.2. The smallest absolute Gasteiger partial charge is 0.243 e. The van der Waals surface area contributed by atoms with Crippen molar-refractivity contribution < 1.29 is 4.79 Å². The fraction of sp³-hybridized carbons (Fsp3) is 0.235.